The number of fused-ring (bicyclic) bond motifs is 1. The Balaban J connectivity index is 1.47. The van der Waals surface area contributed by atoms with Crippen molar-refractivity contribution in [3.05, 3.63) is 77.9 Å². The average molecular weight is 403 g/mol. The number of hydrogen-bond donors (Lipinski definition) is 2. The zero-order valence-corrected chi connectivity index (χ0v) is 17.1. The van der Waals surface area contributed by atoms with Crippen molar-refractivity contribution in [3.63, 3.8) is 0 Å². The maximum absolute atomic E-state index is 12.3. The monoisotopic (exact) mass is 403 g/mol. The van der Waals surface area contributed by atoms with Gasteiger partial charge in [-0.15, -0.1) is 0 Å². The van der Waals surface area contributed by atoms with Gasteiger partial charge in [0.2, 0.25) is 11.8 Å². The number of benzene rings is 3. The van der Waals surface area contributed by atoms with Crippen LogP contribution in [0, 0.1) is 0 Å². The van der Waals surface area contributed by atoms with Crippen LogP contribution in [0.3, 0.4) is 0 Å². The number of nitrogens with one attached hydrogen (secondary N) is 2. The normalized spacial score (nSPS) is 11.2. The highest BCUT2D eigenvalue weighted by Gasteiger charge is 2.08. The Morgan fingerprint density at radius 1 is 0.933 bits per heavy atom. The summed E-state index contributed by atoms with van der Waals surface area (Å²) >= 11 is 0. The average Bonchev–Trinajstić information content (AvgIpc) is 2.77. The van der Waals surface area contributed by atoms with Gasteiger partial charge in [-0.2, -0.15) is 5.10 Å². The van der Waals surface area contributed by atoms with Crippen LogP contribution in [0.25, 0.3) is 10.8 Å². The molecule has 30 heavy (non-hydrogen) atoms. The maximum atomic E-state index is 12.3. The van der Waals surface area contributed by atoms with Crippen molar-refractivity contribution in [1.29, 1.82) is 0 Å². The fraction of sp³-hybridized carbons (Fsp3) is 0.208. The van der Waals surface area contributed by atoms with Crippen molar-refractivity contribution >= 4 is 28.3 Å². The van der Waals surface area contributed by atoms with Crippen LogP contribution in [0.2, 0.25) is 0 Å². The van der Waals surface area contributed by atoms with E-state index >= 15 is 0 Å². The SMILES string of the molecule is COc1ccc(CNC(=O)C/C(C)=N/NC(=O)Cc2cccc3ccccc23)cc1. The van der Waals surface area contributed by atoms with Crippen molar-refractivity contribution in [3.8, 4) is 5.75 Å². The number of methoxy groups -OCH3 is 1. The van der Waals surface area contributed by atoms with Gasteiger partial charge < -0.3 is 10.1 Å². The summed E-state index contributed by atoms with van der Waals surface area (Å²) in [5, 5.41) is 9.04. The van der Waals surface area contributed by atoms with Gasteiger partial charge in [0, 0.05) is 12.3 Å². The molecule has 0 saturated heterocycles. The third-order valence-corrected chi connectivity index (χ3v) is 4.67. The Bertz CT molecular complexity index is 1050. The predicted molar refractivity (Wildman–Crippen MR) is 118 cm³/mol. The van der Waals surface area contributed by atoms with E-state index in [1.165, 1.54) is 0 Å². The second kappa shape index (κ2) is 10.2. The summed E-state index contributed by atoms with van der Waals surface area (Å²) in [5.74, 6) is 0.395. The van der Waals surface area contributed by atoms with Crippen molar-refractivity contribution in [2.45, 2.75) is 26.3 Å². The molecule has 0 radical (unpaired) electrons. The fourth-order valence-electron chi connectivity index (χ4n) is 3.10. The summed E-state index contributed by atoms with van der Waals surface area (Å²) in [6, 6.07) is 21.3. The fourth-order valence-corrected chi connectivity index (χ4v) is 3.10. The lowest BCUT2D eigenvalue weighted by Gasteiger charge is -2.07. The Morgan fingerprint density at radius 3 is 2.43 bits per heavy atom. The molecule has 0 bridgehead atoms. The molecule has 154 valence electrons. The van der Waals surface area contributed by atoms with Gasteiger partial charge in [-0.25, -0.2) is 5.43 Å². The Morgan fingerprint density at radius 2 is 1.67 bits per heavy atom. The van der Waals surface area contributed by atoms with E-state index in [2.05, 4.69) is 15.8 Å². The molecule has 3 aromatic carbocycles. The summed E-state index contributed by atoms with van der Waals surface area (Å²) in [5.41, 5.74) is 4.99. The van der Waals surface area contributed by atoms with Crippen molar-refractivity contribution in [2.75, 3.05) is 7.11 Å². The molecule has 6 heteroatoms. The standard InChI is InChI=1S/C24H25N3O3/c1-17(14-23(28)25-16-18-10-12-21(30-2)13-11-18)26-27-24(29)15-20-8-5-7-19-6-3-4-9-22(19)20/h3-13H,14-16H2,1-2H3,(H,25,28)(H,27,29)/b26-17+. The smallest absolute Gasteiger partial charge is 0.244 e. The van der Waals surface area contributed by atoms with Crippen LogP contribution in [-0.4, -0.2) is 24.6 Å². The second-order valence-corrected chi connectivity index (χ2v) is 7.00. The van der Waals surface area contributed by atoms with E-state index in [9.17, 15) is 9.59 Å². The van der Waals surface area contributed by atoms with Crippen LogP contribution in [-0.2, 0) is 22.6 Å². The molecule has 3 rings (SSSR count). The molecule has 0 heterocycles. The Kier molecular flexibility index (Phi) is 7.16. The highest BCUT2D eigenvalue weighted by atomic mass is 16.5. The molecule has 0 saturated carbocycles. The van der Waals surface area contributed by atoms with Crippen LogP contribution in [0.15, 0.2) is 71.8 Å². The molecule has 0 aromatic heterocycles. The van der Waals surface area contributed by atoms with Gasteiger partial charge in [0.05, 0.1) is 20.0 Å². The number of nitrogens with zero attached hydrogens (tertiary/aromatic N) is 1. The quantitative estimate of drug-likeness (QED) is 0.446. The van der Waals surface area contributed by atoms with Crippen molar-refractivity contribution < 1.29 is 14.3 Å². The minimum absolute atomic E-state index is 0.116. The van der Waals surface area contributed by atoms with Crippen LogP contribution < -0.4 is 15.5 Å². The van der Waals surface area contributed by atoms with Gasteiger partial charge in [0.15, 0.2) is 0 Å². The van der Waals surface area contributed by atoms with Crippen molar-refractivity contribution in [2.24, 2.45) is 5.10 Å². The zero-order valence-electron chi connectivity index (χ0n) is 17.1. The van der Waals surface area contributed by atoms with Crippen LogP contribution in [0.1, 0.15) is 24.5 Å². The number of amides is 2. The van der Waals surface area contributed by atoms with E-state index in [4.69, 9.17) is 4.74 Å². The molecule has 0 fully saturated rings. The van der Waals surface area contributed by atoms with E-state index in [-0.39, 0.29) is 24.7 Å². The number of rotatable bonds is 8. The molecule has 0 atom stereocenters. The summed E-state index contributed by atoms with van der Waals surface area (Å²) in [6.07, 6.45) is 0.340. The topological polar surface area (TPSA) is 79.8 Å². The van der Waals surface area contributed by atoms with E-state index in [1.807, 2.05) is 66.7 Å². The second-order valence-electron chi connectivity index (χ2n) is 7.00. The number of ether oxygens (including phenoxy) is 1. The molecular formula is C24H25N3O3. The number of carbonyl (C=O) groups is 2. The largest absolute Gasteiger partial charge is 0.497 e. The Hall–Kier alpha value is -3.67. The summed E-state index contributed by atoms with van der Waals surface area (Å²) in [6.45, 7) is 2.13. The zero-order chi connectivity index (χ0) is 21.3. The number of hydrazone groups is 1. The highest BCUT2D eigenvalue weighted by molar-refractivity contribution is 6.00. The summed E-state index contributed by atoms with van der Waals surface area (Å²) < 4.78 is 5.11. The van der Waals surface area contributed by atoms with Crippen LogP contribution in [0.5, 0.6) is 5.75 Å². The molecule has 0 unspecified atom stereocenters. The molecule has 0 spiro atoms. The maximum Gasteiger partial charge on any atom is 0.244 e. The van der Waals surface area contributed by atoms with Gasteiger partial charge in [0.25, 0.3) is 0 Å². The minimum Gasteiger partial charge on any atom is -0.497 e. The minimum atomic E-state index is -0.218. The molecule has 2 N–H and O–H groups in total. The highest BCUT2D eigenvalue weighted by Crippen LogP contribution is 2.18. The van der Waals surface area contributed by atoms with Crippen LogP contribution >= 0.6 is 0 Å². The predicted octanol–water partition coefficient (Wildman–Crippen LogP) is 3.59. The Labute approximate surface area is 175 Å². The molecule has 0 aliphatic heterocycles. The van der Waals surface area contributed by atoms with Gasteiger partial charge in [-0.3, -0.25) is 9.59 Å². The van der Waals surface area contributed by atoms with E-state index in [0.29, 0.717) is 12.3 Å². The first-order valence-corrected chi connectivity index (χ1v) is 9.73. The van der Waals surface area contributed by atoms with E-state index < -0.39 is 0 Å². The third kappa shape index (κ3) is 5.91. The van der Waals surface area contributed by atoms with Gasteiger partial charge in [0.1, 0.15) is 5.75 Å². The summed E-state index contributed by atoms with van der Waals surface area (Å²) in [4.78, 5) is 24.4. The molecule has 6 nitrogen and oxygen atoms in total. The molecular weight excluding hydrogens is 378 g/mol. The lowest BCUT2D eigenvalue weighted by atomic mass is 10.0. The molecule has 3 aromatic rings. The molecule has 0 aliphatic rings. The van der Waals surface area contributed by atoms with Crippen LogP contribution in [0.4, 0.5) is 0 Å². The molecule has 0 aliphatic carbocycles. The molecule has 2 amide bonds. The summed E-state index contributed by atoms with van der Waals surface area (Å²) in [7, 11) is 1.61. The van der Waals surface area contributed by atoms with E-state index in [0.717, 1.165) is 27.6 Å². The third-order valence-electron chi connectivity index (χ3n) is 4.67. The van der Waals surface area contributed by atoms with Crippen molar-refractivity contribution in [1.82, 2.24) is 10.7 Å². The lowest BCUT2D eigenvalue weighted by molar-refractivity contribution is -0.121. The van der Waals surface area contributed by atoms with Gasteiger partial charge >= 0.3 is 0 Å². The first-order valence-electron chi connectivity index (χ1n) is 9.73. The van der Waals surface area contributed by atoms with Gasteiger partial charge in [-0.05, 0) is 41.0 Å². The number of carbonyl (C=O) groups excluding carboxylic acids is 2. The number of hydrogen-bond acceptors (Lipinski definition) is 4. The first-order chi connectivity index (χ1) is 14.5. The first kappa shape index (κ1) is 21.0. The van der Waals surface area contributed by atoms with Gasteiger partial charge in [-0.1, -0.05) is 54.6 Å². The van der Waals surface area contributed by atoms with E-state index in [1.54, 1.807) is 14.0 Å². The lowest BCUT2D eigenvalue weighted by Crippen LogP contribution is -2.26.